The summed E-state index contributed by atoms with van der Waals surface area (Å²) in [5, 5.41) is 2.41. The second-order valence-corrected chi connectivity index (χ2v) is 6.30. The van der Waals surface area contributed by atoms with Crippen LogP contribution in [0.5, 0.6) is 0 Å². The number of nitrogens with two attached hydrogens (primary N) is 1. The number of nitrogens with zero attached hydrogens (tertiary/aromatic N) is 1. The molecule has 0 spiro atoms. The van der Waals surface area contributed by atoms with E-state index in [2.05, 4.69) is 0 Å². The minimum Gasteiger partial charge on any atom is -0.336 e. The molecule has 1 aromatic heterocycles. The van der Waals surface area contributed by atoms with Gasteiger partial charge in [-0.1, -0.05) is 11.6 Å². The van der Waals surface area contributed by atoms with Crippen LogP contribution in [0.4, 0.5) is 0 Å². The molecule has 1 saturated carbocycles. The molecule has 0 unspecified atom stereocenters. The lowest BCUT2D eigenvalue weighted by atomic mass is 9.99. The minimum atomic E-state index is 0.0450. The summed E-state index contributed by atoms with van der Waals surface area (Å²) < 4.78 is 0. The maximum Gasteiger partial charge on any atom is 0.265 e. The molecule has 0 aromatic carbocycles. The average molecular weight is 271 g/mol. The molecule has 2 aliphatic rings. The quantitative estimate of drug-likeness (QED) is 0.896. The molecule has 1 aliphatic carbocycles. The van der Waals surface area contributed by atoms with Gasteiger partial charge in [0.25, 0.3) is 5.91 Å². The van der Waals surface area contributed by atoms with E-state index in [-0.39, 0.29) is 11.9 Å². The van der Waals surface area contributed by atoms with Crippen LogP contribution in [-0.4, -0.2) is 29.9 Å². The van der Waals surface area contributed by atoms with Crippen molar-refractivity contribution < 1.29 is 4.79 Å². The highest BCUT2D eigenvalue weighted by atomic mass is 35.5. The lowest BCUT2D eigenvalue weighted by Gasteiger charge is -2.15. The number of amides is 1. The summed E-state index contributed by atoms with van der Waals surface area (Å²) in [6, 6.07) is 1.92. The van der Waals surface area contributed by atoms with E-state index in [9.17, 15) is 4.79 Å². The predicted molar refractivity (Wildman–Crippen MR) is 69.4 cm³/mol. The van der Waals surface area contributed by atoms with Gasteiger partial charge < -0.3 is 10.6 Å². The van der Waals surface area contributed by atoms with Crippen LogP contribution in [0.3, 0.4) is 0 Å². The molecule has 3 rings (SSSR count). The van der Waals surface area contributed by atoms with Crippen molar-refractivity contribution in [1.29, 1.82) is 0 Å². The molecule has 1 amide bonds. The summed E-state index contributed by atoms with van der Waals surface area (Å²) in [5.41, 5.74) is 6.12. The van der Waals surface area contributed by atoms with Gasteiger partial charge in [-0.3, -0.25) is 4.79 Å². The molecule has 1 aromatic rings. The largest absolute Gasteiger partial charge is 0.336 e. The van der Waals surface area contributed by atoms with E-state index in [4.69, 9.17) is 17.3 Å². The Balaban J connectivity index is 1.73. The molecule has 0 radical (unpaired) electrons. The van der Waals surface area contributed by atoms with Crippen LogP contribution in [0.1, 0.15) is 22.5 Å². The van der Waals surface area contributed by atoms with Crippen LogP contribution in [0.2, 0.25) is 5.02 Å². The molecule has 17 heavy (non-hydrogen) atoms. The standard InChI is InChI=1S/C12H15ClN2OS/c13-9-3-4-17-11(9)12(16)15-5-8(7-1-2-7)10(14)6-15/h3-4,7-8,10H,1-2,5-6,14H2/t8-,10+/m0/s1. The molecule has 2 atom stereocenters. The van der Waals surface area contributed by atoms with Crippen LogP contribution in [0.25, 0.3) is 0 Å². The fourth-order valence-corrected chi connectivity index (χ4v) is 3.74. The Kier molecular flexibility index (Phi) is 2.89. The third-order valence-electron chi connectivity index (χ3n) is 3.74. The average Bonchev–Trinajstić information content (AvgIpc) is 2.94. The van der Waals surface area contributed by atoms with Crippen molar-refractivity contribution in [2.75, 3.05) is 13.1 Å². The van der Waals surface area contributed by atoms with E-state index < -0.39 is 0 Å². The number of carbonyl (C=O) groups excluding carboxylic acids is 1. The van der Waals surface area contributed by atoms with E-state index >= 15 is 0 Å². The van der Waals surface area contributed by atoms with E-state index in [0.29, 0.717) is 22.4 Å². The first-order valence-electron chi connectivity index (χ1n) is 5.94. The predicted octanol–water partition coefficient (Wildman–Crippen LogP) is 2.21. The summed E-state index contributed by atoms with van der Waals surface area (Å²) in [6.07, 6.45) is 2.56. The van der Waals surface area contributed by atoms with Crippen LogP contribution in [0, 0.1) is 11.8 Å². The normalized spacial score (nSPS) is 28.7. The van der Waals surface area contributed by atoms with Gasteiger partial charge in [0.1, 0.15) is 4.88 Å². The molecular formula is C12H15ClN2OS. The first-order valence-corrected chi connectivity index (χ1v) is 7.20. The maximum absolute atomic E-state index is 12.3. The SMILES string of the molecule is N[C@@H]1CN(C(=O)c2sccc2Cl)C[C@H]1C1CC1. The van der Waals surface area contributed by atoms with E-state index in [0.717, 1.165) is 12.5 Å². The Labute approximate surface area is 110 Å². The molecular weight excluding hydrogens is 256 g/mol. The van der Waals surface area contributed by atoms with Crippen molar-refractivity contribution in [3.63, 3.8) is 0 Å². The molecule has 0 bridgehead atoms. The van der Waals surface area contributed by atoms with E-state index in [1.54, 1.807) is 6.07 Å². The van der Waals surface area contributed by atoms with Crippen molar-refractivity contribution in [1.82, 2.24) is 4.90 Å². The second kappa shape index (κ2) is 4.26. The van der Waals surface area contributed by atoms with E-state index in [1.165, 1.54) is 24.2 Å². The zero-order valence-electron chi connectivity index (χ0n) is 9.43. The van der Waals surface area contributed by atoms with Crippen molar-refractivity contribution in [3.8, 4) is 0 Å². The van der Waals surface area contributed by atoms with Gasteiger partial charge >= 0.3 is 0 Å². The van der Waals surface area contributed by atoms with Gasteiger partial charge in [0.2, 0.25) is 0 Å². The van der Waals surface area contributed by atoms with Crippen LogP contribution in [0.15, 0.2) is 11.4 Å². The van der Waals surface area contributed by atoms with Gasteiger partial charge in [-0.05, 0) is 36.1 Å². The number of hydrogen-bond donors (Lipinski definition) is 1. The molecule has 92 valence electrons. The van der Waals surface area contributed by atoms with Gasteiger partial charge in [0.05, 0.1) is 5.02 Å². The molecule has 2 fully saturated rings. The summed E-state index contributed by atoms with van der Waals surface area (Å²) in [5.74, 6) is 1.29. The topological polar surface area (TPSA) is 46.3 Å². The van der Waals surface area contributed by atoms with Crippen molar-refractivity contribution in [2.24, 2.45) is 17.6 Å². The number of thiophene rings is 1. The van der Waals surface area contributed by atoms with Gasteiger partial charge in [-0.15, -0.1) is 11.3 Å². The number of rotatable bonds is 2. The van der Waals surface area contributed by atoms with Crippen molar-refractivity contribution in [2.45, 2.75) is 18.9 Å². The number of carbonyl (C=O) groups is 1. The fourth-order valence-electron chi connectivity index (χ4n) is 2.63. The van der Waals surface area contributed by atoms with Crippen LogP contribution < -0.4 is 5.73 Å². The van der Waals surface area contributed by atoms with Gasteiger partial charge in [-0.2, -0.15) is 0 Å². The second-order valence-electron chi connectivity index (χ2n) is 4.97. The van der Waals surface area contributed by atoms with Crippen LogP contribution in [-0.2, 0) is 0 Å². The third-order valence-corrected chi connectivity index (χ3v) is 5.07. The molecule has 1 aliphatic heterocycles. The monoisotopic (exact) mass is 270 g/mol. The van der Waals surface area contributed by atoms with Crippen molar-refractivity contribution in [3.05, 3.63) is 21.3 Å². The molecule has 2 heterocycles. The van der Waals surface area contributed by atoms with Gasteiger partial charge in [0, 0.05) is 19.1 Å². The smallest absolute Gasteiger partial charge is 0.265 e. The Bertz CT molecular complexity index is 443. The molecule has 2 N–H and O–H groups in total. The lowest BCUT2D eigenvalue weighted by molar-refractivity contribution is 0.0790. The highest BCUT2D eigenvalue weighted by Gasteiger charge is 2.42. The van der Waals surface area contributed by atoms with Crippen molar-refractivity contribution >= 4 is 28.8 Å². The van der Waals surface area contributed by atoms with Crippen LogP contribution >= 0.6 is 22.9 Å². The zero-order chi connectivity index (χ0) is 12.0. The summed E-state index contributed by atoms with van der Waals surface area (Å²) in [7, 11) is 0. The fraction of sp³-hybridized carbons (Fsp3) is 0.583. The third kappa shape index (κ3) is 2.09. The van der Waals surface area contributed by atoms with E-state index in [1.807, 2.05) is 10.3 Å². The lowest BCUT2D eigenvalue weighted by Crippen LogP contribution is -2.32. The molecule has 1 saturated heterocycles. The Morgan fingerprint density at radius 3 is 2.82 bits per heavy atom. The maximum atomic E-state index is 12.3. The summed E-state index contributed by atoms with van der Waals surface area (Å²) in [4.78, 5) is 14.8. The summed E-state index contributed by atoms with van der Waals surface area (Å²) >= 11 is 7.40. The first kappa shape index (κ1) is 11.5. The number of hydrogen-bond acceptors (Lipinski definition) is 3. The molecule has 5 heteroatoms. The Morgan fingerprint density at radius 2 is 2.24 bits per heavy atom. The number of halogens is 1. The summed E-state index contributed by atoms with van der Waals surface area (Å²) in [6.45, 7) is 1.48. The molecule has 3 nitrogen and oxygen atoms in total. The highest BCUT2D eigenvalue weighted by Crippen LogP contribution is 2.41. The Morgan fingerprint density at radius 1 is 1.47 bits per heavy atom. The first-order chi connectivity index (χ1) is 8.16. The zero-order valence-corrected chi connectivity index (χ0v) is 11.0. The highest BCUT2D eigenvalue weighted by molar-refractivity contribution is 7.12. The number of likely N-dealkylation sites (tertiary alicyclic amines) is 1. The minimum absolute atomic E-state index is 0.0450. The van der Waals surface area contributed by atoms with Gasteiger partial charge in [0.15, 0.2) is 0 Å². The van der Waals surface area contributed by atoms with Gasteiger partial charge in [-0.25, -0.2) is 0 Å². The Hall–Kier alpha value is -0.580.